The van der Waals surface area contributed by atoms with Crippen LogP contribution in [0.4, 0.5) is 11.4 Å². The molecular weight excluding hydrogens is 428 g/mol. The normalized spacial score (nSPS) is 12.1. The summed E-state index contributed by atoms with van der Waals surface area (Å²) in [5, 5.41) is 5.04. The van der Waals surface area contributed by atoms with Gasteiger partial charge >= 0.3 is 11.8 Å². The van der Waals surface area contributed by atoms with Crippen molar-refractivity contribution in [3.8, 4) is 11.1 Å². The van der Waals surface area contributed by atoms with Crippen LogP contribution >= 0.6 is 0 Å². The van der Waals surface area contributed by atoms with Crippen LogP contribution in [0.15, 0.2) is 77.7 Å². The minimum Gasteiger partial charge on any atom is -0.329 e. The van der Waals surface area contributed by atoms with Crippen LogP contribution in [0.5, 0.6) is 0 Å². The Labute approximate surface area is 186 Å². The third-order valence-electron chi connectivity index (χ3n) is 4.80. The summed E-state index contributed by atoms with van der Waals surface area (Å²) < 4.78 is 24.0. The maximum absolute atomic E-state index is 12.2. The third-order valence-corrected chi connectivity index (χ3v) is 5.95. The predicted molar refractivity (Wildman–Crippen MR) is 125 cm³/mol. The molecule has 0 radical (unpaired) electrons. The van der Waals surface area contributed by atoms with Crippen molar-refractivity contribution < 1.29 is 18.0 Å². The van der Waals surface area contributed by atoms with Gasteiger partial charge in [-0.25, -0.2) is 8.42 Å². The minimum atomic E-state index is -3.40. The Morgan fingerprint density at radius 3 is 1.84 bits per heavy atom. The first-order chi connectivity index (χ1) is 15.2. The van der Waals surface area contributed by atoms with E-state index in [0.717, 1.165) is 11.8 Å². The number of amides is 2. The first kappa shape index (κ1) is 23.1. The smallest absolute Gasteiger partial charge is 0.314 e. The molecular formula is C23H24N4O4S. The molecule has 2 amide bonds. The van der Waals surface area contributed by atoms with Gasteiger partial charge in [0.25, 0.3) is 0 Å². The molecule has 0 aliphatic heterocycles. The zero-order chi connectivity index (χ0) is 23.3. The van der Waals surface area contributed by atoms with Gasteiger partial charge in [0.05, 0.1) is 4.90 Å². The highest BCUT2D eigenvalue weighted by Gasteiger charge is 2.16. The monoisotopic (exact) mass is 452 g/mol. The van der Waals surface area contributed by atoms with Crippen LogP contribution in [0.2, 0.25) is 0 Å². The number of hydrogen-bond donors (Lipinski definition) is 4. The second-order valence-corrected chi connectivity index (χ2v) is 9.20. The average molecular weight is 453 g/mol. The number of nitrogens with one attached hydrogen (secondary N) is 2. The SMILES string of the molecule is CS(=O)(=O)c1ccccc1-c1ccc(NC(=O)C(=O)Nc2ccc(C(N)CN)cc2)cc1. The average Bonchev–Trinajstić information content (AvgIpc) is 2.79. The first-order valence-corrected chi connectivity index (χ1v) is 11.7. The van der Waals surface area contributed by atoms with Gasteiger partial charge in [0, 0.05) is 35.8 Å². The summed E-state index contributed by atoms with van der Waals surface area (Å²) in [6.07, 6.45) is 1.15. The molecule has 0 heterocycles. The van der Waals surface area contributed by atoms with Crippen LogP contribution < -0.4 is 22.1 Å². The number of carbonyl (C=O) groups excluding carboxylic acids is 2. The molecule has 166 valence electrons. The fraction of sp³-hybridized carbons (Fsp3) is 0.130. The van der Waals surface area contributed by atoms with E-state index in [1.165, 1.54) is 0 Å². The number of hydrogen-bond acceptors (Lipinski definition) is 6. The van der Waals surface area contributed by atoms with E-state index in [0.29, 0.717) is 29.0 Å². The van der Waals surface area contributed by atoms with Crippen LogP contribution in [0.3, 0.4) is 0 Å². The quantitative estimate of drug-likeness (QED) is 0.422. The second kappa shape index (κ2) is 9.73. The highest BCUT2D eigenvalue weighted by molar-refractivity contribution is 7.90. The minimum absolute atomic E-state index is 0.217. The van der Waals surface area contributed by atoms with Gasteiger partial charge in [0.2, 0.25) is 0 Å². The number of sulfone groups is 1. The van der Waals surface area contributed by atoms with Crippen molar-refractivity contribution >= 4 is 33.0 Å². The van der Waals surface area contributed by atoms with Gasteiger partial charge in [-0.1, -0.05) is 42.5 Å². The Hall–Kier alpha value is -3.53. The summed E-state index contributed by atoms with van der Waals surface area (Å²) in [4.78, 5) is 24.7. The summed E-state index contributed by atoms with van der Waals surface area (Å²) >= 11 is 0. The number of benzene rings is 3. The van der Waals surface area contributed by atoms with Crippen LogP contribution in [-0.4, -0.2) is 33.0 Å². The molecule has 0 saturated carbocycles. The summed E-state index contributed by atoms with van der Waals surface area (Å²) in [6.45, 7) is 0.298. The van der Waals surface area contributed by atoms with E-state index in [4.69, 9.17) is 11.5 Å². The summed E-state index contributed by atoms with van der Waals surface area (Å²) in [6, 6.07) is 19.7. The number of carbonyl (C=O) groups is 2. The van der Waals surface area contributed by atoms with Gasteiger partial charge in [-0.3, -0.25) is 9.59 Å². The molecule has 0 spiro atoms. The highest BCUT2D eigenvalue weighted by Crippen LogP contribution is 2.28. The van der Waals surface area contributed by atoms with Gasteiger partial charge in [0.15, 0.2) is 9.84 Å². The number of anilines is 2. The Morgan fingerprint density at radius 2 is 1.34 bits per heavy atom. The molecule has 0 fully saturated rings. The topological polar surface area (TPSA) is 144 Å². The fourth-order valence-electron chi connectivity index (χ4n) is 3.09. The molecule has 32 heavy (non-hydrogen) atoms. The van der Waals surface area contributed by atoms with E-state index >= 15 is 0 Å². The Kier molecular flexibility index (Phi) is 7.04. The Morgan fingerprint density at radius 1 is 0.844 bits per heavy atom. The van der Waals surface area contributed by atoms with Crippen LogP contribution in [0, 0.1) is 0 Å². The van der Waals surface area contributed by atoms with E-state index in [-0.39, 0.29) is 10.9 Å². The van der Waals surface area contributed by atoms with Crippen LogP contribution in [-0.2, 0) is 19.4 Å². The van der Waals surface area contributed by atoms with Crippen molar-refractivity contribution in [2.24, 2.45) is 11.5 Å². The van der Waals surface area contributed by atoms with Crippen molar-refractivity contribution in [3.05, 3.63) is 78.4 Å². The van der Waals surface area contributed by atoms with Crippen molar-refractivity contribution in [1.82, 2.24) is 0 Å². The lowest BCUT2D eigenvalue weighted by atomic mass is 10.1. The first-order valence-electron chi connectivity index (χ1n) is 9.76. The fourth-order valence-corrected chi connectivity index (χ4v) is 4.00. The van der Waals surface area contributed by atoms with E-state index in [1.54, 1.807) is 72.8 Å². The largest absolute Gasteiger partial charge is 0.329 e. The van der Waals surface area contributed by atoms with E-state index in [9.17, 15) is 18.0 Å². The highest BCUT2D eigenvalue weighted by atomic mass is 32.2. The summed E-state index contributed by atoms with van der Waals surface area (Å²) in [5.74, 6) is -1.66. The predicted octanol–water partition coefficient (Wildman–Crippen LogP) is 2.29. The molecule has 1 unspecified atom stereocenters. The van der Waals surface area contributed by atoms with Crippen molar-refractivity contribution in [2.75, 3.05) is 23.4 Å². The molecule has 0 aromatic heterocycles. The maximum atomic E-state index is 12.2. The van der Waals surface area contributed by atoms with E-state index < -0.39 is 21.7 Å². The van der Waals surface area contributed by atoms with Gasteiger partial charge in [-0.15, -0.1) is 0 Å². The molecule has 0 bridgehead atoms. The van der Waals surface area contributed by atoms with Crippen LogP contribution in [0.1, 0.15) is 11.6 Å². The molecule has 0 aliphatic carbocycles. The van der Waals surface area contributed by atoms with Gasteiger partial charge in [-0.05, 0) is 41.5 Å². The summed E-state index contributed by atoms with van der Waals surface area (Å²) in [7, 11) is -3.40. The lowest BCUT2D eigenvalue weighted by Crippen LogP contribution is -2.29. The standard InChI is InChI=1S/C23H24N4O4S/c1-32(30,31)21-5-3-2-4-19(21)15-6-10-17(11-7-15)26-22(28)23(29)27-18-12-8-16(9-13-18)20(25)14-24/h2-13,20H,14,24-25H2,1H3,(H,26,28)(H,27,29). The summed E-state index contributed by atoms with van der Waals surface area (Å²) in [5.41, 5.74) is 14.3. The molecule has 8 nitrogen and oxygen atoms in total. The zero-order valence-corrected chi connectivity index (χ0v) is 18.2. The second-order valence-electron chi connectivity index (χ2n) is 7.22. The molecule has 0 aliphatic rings. The van der Waals surface area contributed by atoms with Gasteiger partial charge in [0.1, 0.15) is 0 Å². The van der Waals surface area contributed by atoms with Crippen molar-refractivity contribution in [2.45, 2.75) is 10.9 Å². The van der Waals surface area contributed by atoms with Gasteiger partial charge < -0.3 is 22.1 Å². The Bertz CT molecular complexity index is 1220. The molecule has 0 saturated heterocycles. The van der Waals surface area contributed by atoms with Crippen LogP contribution in [0.25, 0.3) is 11.1 Å². The molecule has 3 rings (SSSR count). The molecule has 9 heteroatoms. The lowest BCUT2D eigenvalue weighted by molar-refractivity contribution is -0.132. The van der Waals surface area contributed by atoms with E-state index in [2.05, 4.69) is 10.6 Å². The number of rotatable bonds is 6. The third kappa shape index (κ3) is 5.58. The molecule has 3 aromatic rings. The van der Waals surface area contributed by atoms with Gasteiger partial charge in [-0.2, -0.15) is 0 Å². The molecule has 3 aromatic carbocycles. The molecule has 6 N–H and O–H groups in total. The number of nitrogens with two attached hydrogens (primary N) is 2. The lowest BCUT2D eigenvalue weighted by Gasteiger charge is -2.11. The Balaban J connectivity index is 1.67. The van der Waals surface area contributed by atoms with E-state index in [1.807, 2.05) is 0 Å². The zero-order valence-electron chi connectivity index (χ0n) is 17.4. The molecule has 1 atom stereocenters. The maximum Gasteiger partial charge on any atom is 0.314 e. The van der Waals surface area contributed by atoms with Crippen molar-refractivity contribution in [3.63, 3.8) is 0 Å². The van der Waals surface area contributed by atoms with Crippen molar-refractivity contribution in [1.29, 1.82) is 0 Å².